The van der Waals surface area contributed by atoms with Gasteiger partial charge >= 0.3 is 0 Å². The Labute approximate surface area is 134 Å². The van der Waals surface area contributed by atoms with Gasteiger partial charge in [0.25, 0.3) is 0 Å². The topological polar surface area (TPSA) is 42.4 Å². The summed E-state index contributed by atoms with van der Waals surface area (Å²) in [5.74, 6) is 0.673. The van der Waals surface area contributed by atoms with E-state index in [1.165, 1.54) is 0 Å². The maximum atomic E-state index is 10.6. The Kier molecular flexibility index (Phi) is 5.01. The van der Waals surface area contributed by atoms with Crippen LogP contribution in [0.25, 0.3) is 0 Å². The fourth-order valence-electron chi connectivity index (χ4n) is 2.25. The Morgan fingerprint density at radius 3 is 2.24 bits per heavy atom. The lowest BCUT2D eigenvalue weighted by atomic mass is 9.99. The summed E-state index contributed by atoms with van der Waals surface area (Å²) in [5, 5.41) is 10.6. The molecule has 0 aliphatic heterocycles. The van der Waals surface area contributed by atoms with E-state index in [0.29, 0.717) is 5.75 Å². The lowest BCUT2D eigenvalue weighted by Gasteiger charge is -2.16. The van der Waals surface area contributed by atoms with Gasteiger partial charge in [0.05, 0.1) is 12.3 Å². The van der Waals surface area contributed by atoms with Crippen molar-refractivity contribution in [3.8, 4) is 5.75 Å². The molecule has 1 unspecified atom stereocenters. The van der Waals surface area contributed by atoms with Gasteiger partial charge in [0.15, 0.2) is 0 Å². The van der Waals surface area contributed by atoms with Gasteiger partial charge in [0.2, 0.25) is 0 Å². The van der Waals surface area contributed by atoms with E-state index in [9.17, 15) is 5.11 Å². The Balaban J connectivity index is 2.33. The fourth-order valence-corrected chi connectivity index (χ4v) is 2.48. The second kappa shape index (κ2) is 6.58. The van der Waals surface area contributed by atoms with Gasteiger partial charge in [-0.25, -0.2) is 0 Å². The van der Waals surface area contributed by atoms with Crippen LogP contribution in [0.3, 0.4) is 0 Å². The highest BCUT2D eigenvalue weighted by atomic mass is 79.9. The van der Waals surface area contributed by atoms with E-state index in [1.807, 2.05) is 45.9 Å². The minimum Gasteiger partial charge on any atom is -0.489 e. The van der Waals surface area contributed by atoms with Gasteiger partial charge < -0.3 is 9.84 Å². The summed E-state index contributed by atoms with van der Waals surface area (Å²) >= 11 is 3.54. The molecular weight excluding hydrogens is 330 g/mol. The van der Waals surface area contributed by atoms with Gasteiger partial charge in [-0.2, -0.15) is 0 Å². The molecule has 0 aliphatic rings. The van der Waals surface area contributed by atoms with E-state index in [1.54, 1.807) is 12.4 Å². The predicted octanol–water partition coefficient (Wildman–Crippen LogP) is 4.33. The van der Waals surface area contributed by atoms with Crippen LogP contribution in [-0.4, -0.2) is 16.2 Å². The van der Waals surface area contributed by atoms with E-state index in [4.69, 9.17) is 4.74 Å². The van der Waals surface area contributed by atoms with E-state index < -0.39 is 6.10 Å². The van der Waals surface area contributed by atoms with Crippen LogP contribution in [0.1, 0.15) is 42.2 Å². The number of rotatable bonds is 4. The van der Waals surface area contributed by atoms with Gasteiger partial charge in [-0.05, 0) is 50.5 Å². The molecule has 21 heavy (non-hydrogen) atoms. The number of aromatic nitrogens is 1. The minimum absolute atomic E-state index is 0.0800. The molecule has 1 aromatic heterocycles. The van der Waals surface area contributed by atoms with Crippen molar-refractivity contribution in [1.29, 1.82) is 0 Å². The number of hydrogen-bond donors (Lipinski definition) is 1. The van der Waals surface area contributed by atoms with E-state index in [2.05, 4.69) is 20.9 Å². The normalized spacial score (nSPS) is 12.5. The average molecular weight is 350 g/mol. The number of nitrogens with zero attached hydrogens (tertiary/aromatic N) is 1. The smallest absolute Gasteiger partial charge is 0.138 e. The number of aliphatic hydroxyl groups is 1. The second-order valence-electron chi connectivity index (χ2n) is 5.49. The quantitative estimate of drug-likeness (QED) is 0.893. The summed E-state index contributed by atoms with van der Waals surface area (Å²) in [5.41, 5.74) is 3.80. The van der Waals surface area contributed by atoms with E-state index in [0.717, 1.165) is 26.7 Å². The fraction of sp³-hybridized carbons (Fsp3) is 0.353. The summed E-state index contributed by atoms with van der Waals surface area (Å²) < 4.78 is 6.70. The number of pyridine rings is 1. The van der Waals surface area contributed by atoms with Crippen LogP contribution >= 0.6 is 15.9 Å². The van der Waals surface area contributed by atoms with E-state index >= 15 is 0 Å². The third kappa shape index (κ3) is 3.83. The number of aliphatic hydroxyl groups excluding tert-OH is 1. The predicted molar refractivity (Wildman–Crippen MR) is 87.7 cm³/mol. The maximum absolute atomic E-state index is 10.6. The van der Waals surface area contributed by atoms with Crippen LogP contribution in [0.15, 0.2) is 35.1 Å². The van der Waals surface area contributed by atoms with Crippen molar-refractivity contribution in [3.63, 3.8) is 0 Å². The summed E-state index contributed by atoms with van der Waals surface area (Å²) in [6, 6.07) is 5.81. The average Bonchev–Trinajstić information content (AvgIpc) is 2.43. The molecule has 1 aromatic carbocycles. The Morgan fingerprint density at radius 2 is 1.67 bits per heavy atom. The molecule has 0 saturated heterocycles. The van der Waals surface area contributed by atoms with Crippen LogP contribution < -0.4 is 4.74 Å². The molecule has 3 nitrogen and oxygen atoms in total. The number of benzene rings is 1. The highest BCUT2D eigenvalue weighted by molar-refractivity contribution is 9.10. The summed E-state index contributed by atoms with van der Waals surface area (Å²) in [4.78, 5) is 4.15. The zero-order valence-electron chi connectivity index (χ0n) is 12.7. The first-order chi connectivity index (χ1) is 9.88. The molecule has 0 amide bonds. The molecule has 0 bridgehead atoms. The van der Waals surface area contributed by atoms with Crippen molar-refractivity contribution in [2.45, 2.75) is 39.9 Å². The molecule has 1 atom stereocenters. The molecule has 0 radical (unpaired) electrons. The molecule has 0 fully saturated rings. The SMILES string of the molecule is Cc1cc(C(O)c2cncc(OC(C)C)c2)cc(C)c1Br. The lowest BCUT2D eigenvalue weighted by molar-refractivity contribution is 0.215. The summed E-state index contributed by atoms with van der Waals surface area (Å²) in [6.45, 7) is 7.96. The third-order valence-electron chi connectivity index (χ3n) is 3.20. The number of aryl methyl sites for hydroxylation is 2. The molecule has 1 heterocycles. The van der Waals surface area contributed by atoms with Crippen LogP contribution in [-0.2, 0) is 0 Å². The molecule has 4 heteroatoms. The molecule has 2 rings (SSSR count). The van der Waals surface area contributed by atoms with Crippen molar-refractivity contribution in [2.75, 3.05) is 0 Å². The minimum atomic E-state index is -0.710. The maximum Gasteiger partial charge on any atom is 0.138 e. The number of halogens is 1. The highest BCUT2D eigenvalue weighted by Gasteiger charge is 2.14. The van der Waals surface area contributed by atoms with E-state index in [-0.39, 0.29) is 6.10 Å². The van der Waals surface area contributed by atoms with Gasteiger partial charge in [-0.1, -0.05) is 28.1 Å². The van der Waals surface area contributed by atoms with Crippen LogP contribution in [0.5, 0.6) is 5.75 Å². The van der Waals surface area contributed by atoms with Crippen molar-refractivity contribution in [3.05, 3.63) is 57.3 Å². The van der Waals surface area contributed by atoms with Crippen LogP contribution in [0.4, 0.5) is 0 Å². The van der Waals surface area contributed by atoms with Crippen LogP contribution in [0, 0.1) is 13.8 Å². The van der Waals surface area contributed by atoms with Crippen molar-refractivity contribution < 1.29 is 9.84 Å². The molecule has 1 N–H and O–H groups in total. The lowest BCUT2D eigenvalue weighted by Crippen LogP contribution is -2.07. The first kappa shape index (κ1) is 16.0. The Hall–Kier alpha value is -1.39. The van der Waals surface area contributed by atoms with Crippen molar-refractivity contribution in [2.24, 2.45) is 0 Å². The highest BCUT2D eigenvalue weighted by Crippen LogP contribution is 2.29. The molecule has 0 spiro atoms. The molecule has 112 valence electrons. The Morgan fingerprint density at radius 1 is 1.05 bits per heavy atom. The molecule has 0 saturated carbocycles. The standard InChI is InChI=1S/C17H20BrNO2/c1-10(2)21-15-7-14(8-19-9-15)17(20)13-5-11(3)16(18)12(4)6-13/h5-10,17,20H,1-4H3. The zero-order valence-corrected chi connectivity index (χ0v) is 14.3. The van der Waals surface area contributed by atoms with Crippen molar-refractivity contribution >= 4 is 15.9 Å². The van der Waals surface area contributed by atoms with Gasteiger partial charge in [-0.3, -0.25) is 4.98 Å². The molecule has 0 aliphatic carbocycles. The van der Waals surface area contributed by atoms with Gasteiger partial charge in [0.1, 0.15) is 11.9 Å². The first-order valence-corrected chi connectivity index (χ1v) is 7.74. The monoisotopic (exact) mass is 349 g/mol. The van der Waals surface area contributed by atoms with Crippen LogP contribution in [0.2, 0.25) is 0 Å². The summed E-state index contributed by atoms with van der Waals surface area (Å²) in [6.07, 6.45) is 2.70. The first-order valence-electron chi connectivity index (χ1n) is 6.94. The molecule has 2 aromatic rings. The molecular formula is C17H20BrNO2. The number of hydrogen-bond acceptors (Lipinski definition) is 3. The summed E-state index contributed by atoms with van der Waals surface area (Å²) in [7, 11) is 0. The number of ether oxygens (including phenoxy) is 1. The van der Waals surface area contributed by atoms with Crippen molar-refractivity contribution in [1.82, 2.24) is 4.98 Å². The largest absolute Gasteiger partial charge is 0.489 e. The third-order valence-corrected chi connectivity index (χ3v) is 4.45. The Bertz CT molecular complexity index is 617. The second-order valence-corrected chi connectivity index (χ2v) is 6.28. The zero-order chi connectivity index (χ0) is 15.6. The van der Waals surface area contributed by atoms with Gasteiger partial charge in [0, 0.05) is 16.2 Å². The van der Waals surface area contributed by atoms with Gasteiger partial charge in [-0.15, -0.1) is 0 Å².